The van der Waals surface area contributed by atoms with Crippen LogP contribution in [0.5, 0.6) is 0 Å². The van der Waals surface area contributed by atoms with Gasteiger partial charge in [-0.2, -0.15) is 0 Å². The zero-order valence-electron chi connectivity index (χ0n) is 15.6. The van der Waals surface area contributed by atoms with E-state index in [1.807, 2.05) is 5.32 Å². The first-order valence-electron chi connectivity index (χ1n) is 7.83. The minimum Gasteiger partial charge on any atom is -0.465 e. The second-order valence-electron chi connectivity index (χ2n) is 5.87. The Labute approximate surface area is 172 Å². The second-order valence-corrected chi connectivity index (χ2v) is 7.30. The molecule has 1 aromatic heterocycles. The predicted molar refractivity (Wildman–Crippen MR) is 105 cm³/mol. The Bertz CT molecular complexity index is 982. The first kappa shape index (κ1) is 22.6. The van der Waals surface area contributed by atoms with E-state index in [1.54, 1.807) is 0 Å². The summed E-state index contributed by atoms with van der Waals surface area (Å²) in [6.07, 6.45) is 0. The molecule has 0 bridgehead atoms. The summed E-state index contributed by atoms with van der Waals surface area (Å²) in [5.74, 6) is -7.75. The van der Waals surface area contributed by atoms with Crippen molar-refractivity contribution in [1.29, 1.82) is 0 Å². The Balaban J connectivity index is 2.41. The van der Waals surface area contributed by atoms with E-state index in [-0.39, 0.29) is 21.5 Å². The highest BCUT2D eigenvalue weighted by Crippen LogP contribution is 2.34. The summed E-state index contributed by atoms with van der Waals surface area (Å²) in [5, 5.41) is 4.12. The minimum atomic E-state index is -1.67. The Hall–Kier alpha value is -2.73. The molecule has 6 nitrogen and oxygen atoms in total. The summed E-state index contributed by atoms with van der Waals surface area (Å²) in [4.78, 5) is 25.9. The van der Waals surface area contributed by atoms with Gasteiger partial charge in [-0.25, -0.2) is 22.4 Å². The van der Waals surface area contributed by atoms with Crippen LogP contribution in [0.4, 0.5) is 28.3 Å². The maximum Gasteiger partial charge on any atom is 0.341 e. The molecule has 1 aromatic carbocycles. The molecule has 0 saturated carbocycles. The van der Waals surface area contributed by atoms with E-state index in [4.69, 9.17) is 17.0 Å². The molecule has 2 rings (SSSR count). The predicted octanol–water partition coefficient (Wildman–Crippen LogP) is 3.91. The molecule has 0 spiro atoms. The largest absolute Gasteiger partial charge is 0.465 e. The molecule has 2 aromatic rings. The van der Waals surface area contributed by atoms with Crippen LogP contribution < -0.4 is 10.6 Å². The average molecular weight is 449 g/mol. The van der Waals surface area contributed by atoms with Gasteiger partial charge in [0.25, 0.3) is 5.91 Å². The van der Waals surface area contributed by atoms with E-state index < -0.39 is 45.9 Å². The van der Waals surface area contributed by atoms with E-state index in [2.05, 4.69) is 5.32 Å². The van der Waals surface area contributed by atoms with Crippen LogP contribution in [0.25, 0.3) is 0 Å². The van der Waals surface area contributed by atoms with Gasteiger partial charge in [0, 0.05) is 20.2 Å². The number of methoxy groups -OCH3 is 1. The molecule has 0 atom stereocenters. The van der Waals surface area contributed by atoms with E-state index in [9.17, 15) is 27.2 Å². The third-order valence-electron chi connectivity index (χ3n) is 3.71. The van der Waals surface area contributed by atoms with Gasteiger partial charge in [0.1, 0.15) is 10.7 Å². The Kier molecular flexibility index (Phi) is 6.80. The van der Waals surface area contributed by atoms with Crippen molar-refractivity contribution in [2.45, 2.75) is 6.92 Å². The summed E-state index contributed by atoms with van der Waals surface area (Å²) in [6, 6.07) is 0.0590. The number of carbonyl (C=O) groups excluding carboxylic acids is 2. The van der Waals surface area contributed by atoms with Crippen LogP contribution in [0.15, 0.2) is 6.07 Å². The summed E-state index contributed by atoms with van der Waals surface area (Å²) in [7, 11) is 4.17. The second kappa shape index (κ2) is 8.74. The molecule has 156 valence electrons. The van der Waals surface area contributed by atoms with Gasteiger partial charge in [0.15, 0.2) is 28.4 Å². The van der Waals surface area contributed by atoms with E-state index in [0.717, 1.165) is 18.4 Å². The normalized spacial score (nSPS) is 10.5. The van der Waals surface area contributed by atoms with Crippen LogP contribution in [-0.2, 0) is 4.74 Å². The Morgan fingerprint density at radius 1 is 1.10 bits per heavy atom. The van der Waals surface area contributed by atoms with Crippen LogP contribution in [-0.4, -0.2) is 43.1 Å². The Morgan fingerprint density at radius 3 is 2.14 bits per heavy atom. The third-order valence-corrected chi connectivity index (χ3v) is 5.11. The maximum atomic E-state index is 13.8. The lowest BCUT2D eigenvalue weighted by atomic mass is 10.1. The summed E-state index contributed by atoms with van der Waals surface area (Å²) < 4.78 is 59.0. The van der Waals surface area contributed by atoms with Crippen LogP contribution in [0.2, 0.25) is 0 Å². The number of halogens is 4. The van der Waals surface area contributed by atoms with Crippen molar-refractivity contribution in [2.24, 2.45) is 0 Å². The fourth-order valence-electron chi connectivity index (χ4n) is 2.29. The molecular formula is C17H15F4N3O3S2. The molecule has 0 unspecified atom stereocenters. The molecule has 12 heteroatoms. The lowest BCUT2D eigenvalue weighted by Gasteiger charge is -2.12. The van der Waals surface area contributed by atoms with Gasteiger partial charge >= 0.3 is 5.97 Å². The quantitative estimate of drug-likeness (QED) is 0.319. The number of hydrogen-bond donors (Lipinski definition) is 2. The van der Waals surface area contributed by atoms with E-state index >= 15 is 0 Å². The number of amides is 1. The van der Waals surface area contributed by atoms with Crippen molar-refractivity contribution in [3.8, 4) is 0 Å². The first-order chi connectivity index (χ1) is 13.5. The minimum absolute atomic E-state index is 0.0155. The van der Waals surface area contributed by atoms with E-state index in [0.29, 0.717) is 5.56 Å². The highest BCUT2D eigenvalue weighted by Gasteiger charge is 2.27. The molecular weight excluding hydrogens is 434 g/mol. The molecule has 0 fully saturated rings. The van der Waals surface area contributed by atoms with Gasteiger partial charge in [-0.05, 0) is 24.7 Å². The van der Waals surface area contributed by atoms with Gasteiger partial charge in [0.05, 0.1) is 17.6 Å². The molecule has 1 amide bonds. The van der Waals surface area contributed by atoms with Crippen LogP contribution in [0.3, 0.4) is 0 Å². The monoisotopic (exact) mass is 449 g/mol. The maximum absolute atomic E-state index is 13.8. The first-order valence-corrected chi connectivity index (χ1v) is 9.06. The topological polar surface area (TPSA) is 70.7 Å². The highest BCUT2D eigenvalue weighted by molar-refractivity contribution is 7.80. The zero-order chi connectivity index (χ0) is 22.0. The number of esters is 1. The number of carbonyl (C=O) groups is 2. The summed E-state index contributed by atoms with van der Waals surface area (Å²) in [5.41, 5.74) is -0.851. The SMILES string of the molecule is COC(=O)c1c(NC(=S)Nc2c(F)c(F)cc(F)c2F)sc(C(=O)N(C)C)c1C. The van der Waals surface area contributed by atoms with Crippen LogP contribution >= 0.6 is 23.6 Å². The van der Waals surface area contributed by atoms with Crippen molar-refractivity contribution in [3.05, 3.63) is 45.3 Å². The number of nitrogens with zero attached hydrogens (tertiary/aromatic N) is 1. The standard InChI is InChI=1S/C17H15F4N3O3S2/c1-6-9(16(26)27-4)14(29-13(6)15(25)24(2)3)23-17(28)22-12-10(20)7(18)5-8(19)11(12)21/h5H,1-4H3,(H2,22,23,28). The van der Waals surface area contributed by atoms with Crippen LogP contribution in [0, 0.1) is 30.2 Å². The molecule has 1 heterocycles. The van der Waals surface area contributed by atoms with Crippen molar-refractivity contribution in [2.75, 3.05) is 31.8 Å². The number of ether oxygens (including phenoxy) is 1. The number of thiocarbonyl (C=S) groups is 1. The smallest absolute Gasteiger partial charge is 0.341 e. The van der Waals surface area contributed by atoms with Crippen LogP contribution in [0.1, 0.15) is 25.6 Å². The van der Waals surface area contributed by atoms with Crippen molar-refractivity contribution in [3.63, 3.8) is 0 Å². The Morgan fingerprint density at radius 2 is 1.66 bits per heavy atom. The van der Waals surface area contributed by atoms with Crippen molar-refractivity contribution < 1.29 is 31.9 Å². The van der Waals surface area contributed by atoms with E-state index in [1.165, 1.54) is 25.9 Å². The zero-order valence-corrected chi connectivity index (χ0v) is 17.2. The molecule has 0 saturated heterocycles. The molecule has 0 radical (unpaired) electrons. The number of benzene rings is 1. The number of nitrogens with one attached hydrogen (secondary N) is 2. The van der Waals surface area contributed by atoms with Gasteiger partial charge < -0.3 is 20.3 Å². The summed E-state index contributed by atoms with van der Waals surface area (Å²) >= 11 is 5.79. The van der Waals surface area contributed by atoms with Gasteiger partial charge in [-0.3, -0.25) is 4.79 Å². The molecule has 0 aliphatic carbocycles. The van der Waals surface area contributed by atoms with Gasteiger partial charge in [-0.15, -0.1) is 11.3 Å². The molecule has 0 aliphatic heterocycles. The van der Waals surface area contributed by atoms with Gasteiger partial charge in [0.2, 0.25) is 0 Å². The molecule has 2 N–H and O–H groups in total. The number of anilines is 2. The highest BCUT2D eigenvalue weighted by atomic mass is 32.1. The van der Waals surface area contributed by atoms with Gasteiger partial charge in [-0.1, -0.05) is 0 Å². The average Bonchev–Trinajstić information content (AvgIpc) is 2.97. The fraction of sp³-hybridized carbons (Fsp3) is 0.235. The summed E-state index contributed by atoms with van der Waals surface area (Å²) in [6.45, 7) is 1.52. The molecule has 0 aliphatic rings. The lowest BCUT2D eigenvalue weighted by Crippen LogP contribution is -2.22. The lowest BCUT2D eigenvalue weighted by molar-refractivity contribution is 0.0601. The van der Waals surface area contributed by atoms with Crippen molar-refractivity contribution >= 4 is 51.2 Å². The third kappa shape index (κ3) is 4.48. The number of hydrogen-bond acceptors (Lipinski definition) is 5. The number of rotatable bonds is 4. The molecule has 29 heavy (non-hydrogen) atoms. The fourth-order valence-corrected chi connectivity index (χ4v) is 3.78. The number of thiophene rings is 1. The van der Waals surface area contributed by atoms with Crippen molar-refractivity contribution in [1.82, 2.24) is 4.90 Å².